The number of amides is 1. The van der Waals surface area contributed by atoms with Gasteiger partial charge < -0.3 is 10.1 Å². The van der Waals surface area contributed by atoms with E-state index in [-0.39, 0.29) is 29.4 Å². The van der Waals surface area contributed by atoms with Gasteiger partial charge in [-0.3, -0.25) is 4.79 Å². The van der Waals surface area contributed by atoms with Gasteiger partial charge in [-0.05, 0) is 42.8 Å². The van der Waals surface area contributed by atoms with E-state index in [1.54, 1.807) is 13.2 Å². The zero-order valence-corrected chi connectivity index (χ0v) is 16.8. The zero-order chi connectivity index (χ0) is 19.4. The van der Waals surface area contributed by atoms with E-state index in [9.17, 15) is 13.2 Å². The van der Waals surface area contributed by atoms with Crippen molar-refractivity contribution >= 4 is 54.0 Å². The van der Waals surface area contributed by atoms with Gasteiger partial charge in [-0.1, -0.05) is 29.0 Å². The molecule has 2 aromatic carbocycles. The molecule has 1 N–H and O–H groups in total. The Labute approximate surface area is 166 Å². The normalized spacial score (nSPS) is 11.5. The van der Waals surface area contributed by atoms with Gasteiger partial charge in [-0.2, -0.15) is 0 Å². The Morgan fingerprint density at radius 1 is 1.22 bits per heavy atom. The predicted molar refractivity (Wildman–Crippen MR) is 108 cm³/mol. The number of sulfone groups is 1. The van der Waals surface area contributed by atoms with Gasteiger partial charge in [0.25, 0.3) is 0 Å². The van der Waals surface area contributed by atoms with Crippen LogP contribution in [-0.4, -0.2) is 32.2 Å². The highest BCUT2D eigenvalue weighted by Gasteiger charge is 2.16. The number of aromatic nitrogens is 1. The van der Waals surface area contributed by atoms with Gasteiger partial charge in [0.2, 0.25) is 5.91 Å². The van der Waals surface area contributed by atoms with E-state index < -0.39 is 9.84 Å². The highest BCUT2D eigenvalue weighted by Crippen LogP contribution is 2.32. The van der Waals surface area contributed by atoms with E-state index in [1.807, 2.05) is 12.1 Å². The summed E-state index contributed by atoms with van der Waals surface area (Å²) in [6.07, 6.45) is 0.297. The molecule has 0 saturated carbocycles. The van der Waals surface area contributed by atoms with E-state index in [2.05, 4.69) is 10.3 Å². The number of anilines is 1. The summed E-state index contributed by atoms with van der Waals surface area (Å²) >= 11 is 7.11. The Hall–Kier alpha value is -2.16. The number of para-hydroxylation sites is 1. The molecular formula is C18H17ClN2O4S2. The molecule has 0 saturated heterocycles. The lowest BCUT2D eigenvalue weighted by Gasteiger charge is -2.05. The molecule has 0 fully saturated rings. The summed E-state index contributed by atoms with van der Waals surface area (Å²) in [5, 5.41) is 3.65. The minimum Gasteiger partial charge on any atom is -0.494 e. The van der Waals surface area contributed by atoms with Crippen molar-refractivity contribution in [3.05, 3.63) is 47.5 Å². The average Bonchev–Trinajstić information content (AvgIpc) is 3.04. The highest BCUT2D eigenvalue weighted by molar-refractivity contribution is 7.91. The van der Waals surface area contributed by atoms with Crippen LogP contribution < -0.4 is 10.1 Å². The van der Waals surface area contributed by atoms with Crippen molar-refractivity contribution in [2.75, 3.05) is 18.2 Å². The van der Waals surface area contributed by atoms with Crippen LogP contribution in [0.5, 0.6) is 5.75 Å². The molecule has 0 unspecified atom stereocenters. The van der Waals surface area contributed by atoms with E-state index in [4.69, 9.17) is 16.3 Å². The first-order valence-corrected chi connectivity index (χ1v) is 11.0. The third-order valence-corrected chi connectivity index (χ3v) is 6.84. The van der Waals surface area contributed by atoms with Gasteiger partial charge in [-0.15, -0.1) is 0 Å². The zero-order valence-electron chi connectivity index (χ0n) is 14.4. The summed E-state index contributed by atoms with van der Waals surface area (Å²) in [5.41, 5.74) is 0.686. The number of hydrogen-bond acceptors (Lipinski definition) is 6. The standard InChI is InChI=1S/C18H17ClN2O4S2/c1-25-14-4-2-5-15-17(14)21-18(26-15)20-16(22)6-3-11-27(23,24)13-9-7-12(19)8-10-13/h2,4-5,7-10H,3,6,11H2,1H3,(H,20,21,22). The fourth-order valence-corrected chi connectivity index (χ4v) is 4.84. The summed E-state index contributed by atoms with van der Waals surface area (Å²) in [5.74, 6) is 0.244. The third-order valence-electron chi connectivity index (χ3n) is 3.84. The van der Waals surface area contributed by atoms with Crippen LogP contribution in [0.25, 0.3) is 10.2 Å². The van der Waals surface area contributed by atoms with Gasteiger partial charge in [0, 0.05) is 11.4 Å². The monoisotopic (exact) mass is 424 g/mol. The molecule has 6 nitrogen and oxygen atoms in total. The molecule has 142 valence electrons. The molecular weight excluding hydrogens is 408 g/mol. The van der Waals surface area contributed by atoms with Crippen molar-refractivity contribution in [3.8, 4) is 5.75 Å². The Bertz CT molecular complexity index is 1060. The number of halogens is 1. The molecule has 0 radical (unpaired) electrons. The van der Waals surface area contributed by atoms with E-state index in [0.717, 1.165) is 4.70 Å². The van der Waals surface area contributed by atoms with Crippen LogP contribution in [0, 0.1) is 0 Å². The number of rotatable bonds is 7. The van der Waals surface area contributed by atoms with E-state index in [1.165, 1.54) is 35.6 Å². The average molecular weight is 425 g/mol. The number of nitrogens with zero attached hydrogens (tertiary/aromatic N) is 1. The molecule has 1 amide bonds. The first-order valence-electron chi connectivity index (χ1n) is 8.11. The lowest BCUT2D eigenvalue weighted by molar-refractivity contribution is -0.116. The van der Waals surface area contributed by atoms with Crippen molar-refractivity contribution in [2.24, 2.45) is 0 Å². The third kappa shape index (κ3) is 4.77. The lowest BCUT2D eigenvalue weighted by atomic mass is 10.3. The van der Waals surface area contributed by atoms with Gasteiger partial charge in [0.1, 0.15) is 11.3 Å². The van der Waals surface area contributed by atoms with Crippen molar-refractivity contribution in [1.82, 2.24) is 4.98 Å². The molecule has 0 bridgehead atoms. The molecule has 3 rings (SSSR count). The molecule has 0 aliphatic heterocycles. The fraction of sp³-hybridized carbons (Fsp3) is 0.222. The van der Waals surface area contributed by atoms with Gasteiger partial charge in [0.05, 0.1) is 22.5 Å². The van der Waals surface area contributed by atoms with Crippen LogP contribution in [-0.2, 0) is 14.6 Å². The van der Waals surface area contributed by atoms with Crippen LogP contribution in [0.1, 0.15) is 12.8 Å². The first kappa shape index (κ1) is 19.6. The van der Waals surface area contributed by atoms with Crippen molar-refractivity contribution in [2.45, 2.75) is 17.7 Å². The Kier molecular flexibility index (Phi) is 5.98. The largest absolute Gasteiger partial charge is 0.494 e. The number of carbonyl (C=O) groups excluding carboxylic acids is 1. The SMILES string of the molecule is COc1cccc2sc(NC(=O)CCCS(=O)(=O)c3ccc(Cl)cc3)nc12. The molecule has 3 aromatic rings. The quantitative estimate of drug-likeness (QED) is 0.615. The fourth-order valence-electron chi connectivity index (χ4n) is 2.51. The maximum Gasteiger partial charge on any atom is 0.226 e. The number of fused-ring (bicyclic) bond motifs is 1. The van der Waals surface area contributed by atoms with Gasteiger partial charge in [0.15, 0.2) is 15.0 Å². The summed E-state index contributed by atoms with van der Waals surface area (Å²) in [4.78, 5) is 16.7. The number of ether oxygens (including phenoxy) is 1. The van der Waals surface area contributed by atoms with Crippen molar-refractivity contribution in [1.29, 1.82) is 0 Å². The smallest absolute Gasteiger partial charge is 0.226 e. The number of hydrogen-bond donors (Lipinski definition) is 1. The molecule has 1 heterocycles. The van der Waals surface area contributed by atoms with Crippen LogP contribution in [0.4, 0.5) is 5.13 Å². The number of carbonyl (C=O) groups is 1. The lowest BCUT2D eigenvalue weighted by Crippen LogP contribution is -2.14. The molecule has 0 spiro atoms. The summed E-state index contributed by atoms with van der Waals surface area (Å²) < 4.78 is 30.7. The molecule has 0 atom stereocenters. The maximum absolute atomic E-state index is 12.3. The minimum absolute atomic E-state index is 0.0832. The van der Waals surface area contributed by atoms with Gasteiger partial charge >= 0.3 is 0 Å². The second-order valence-corrected chi connectivity index (χ2v) is 9.33. The molecule has 9 heteroatoms. The Morgan fingerprint density at radius 3 is 2.67 bits per heavy atom. The number of nitrogens with one attached hydrogen (secondary N) is 1. The van der Waals surface area contributed by atoms with Crippen LogP contribution in [0.2, 0.25) is 5.02 Å². The van der Waals surface area contributed by atoms with E-state index >= 15 is 0 Å². The highest BCUT2D eigenvalue weighted by atomic mass is 35.5. The Balaban J connectivity index is 1.58. The Morgan fingerprint density at radius 2 is 1.96 bits per heavy atom. The predicted octanol–water partition coefficient (Wildman–Crippen LogP) is 4.15. The maximum atomic E-state index is 12.3. The molecule has 27 heavy (non-hydrogen) atoms. The first-order chi connectivity index (χ1) is 12.9. The summed E-state index contributed by atoms with van der Waals surface area (Å²) in [7, 11) is -1.88. The minimum atomic E-state index is -3.44. The van der Waals surface area contributed by atoms with E-state index in [0.29, 0.717) is 21.4 Å². The van der Waals surface area contributed by atoms with Crippen molar-refractivity contribution < 1.29 is 17.9 Å². The summed E-state index contributed by atoms with van der Waals surface area (Å²) in [6.45, 7) is 0. The molecule has 1 aromatic heterocycles. The second kappa shape index (κ2) is 8.24. The van der Waals surface area contributed by atoms with Crippen LogP contribution in [0.3, 0.4) is 0 Å². The molecule has 0 aliphatic carbocycles. The number of benzene rings is 2. The van der Waals surface area contributed by atoms with Gasteiger partial charge in [-0.25, -0.2) is 13.4 Å². The molecule has 0 aliphatic rings. The van der Waals surface area contributed by atoms with Crippen molar-refractivity contribution in [3.63, 3.8) is 0 Å². The topological polar surface area (TPSA) is 85.4 Å². The summed E-state index contributed by atoms with van der Waals surface area (Å²) in [6, 6.07) is 11.5. The van der Waals surface area contributed by atoms with Crippen LogP contribution in [0.15, 0.2) is 47.4 Å². The van der Waals surface area contributed by atoms with Crippen LogP contribution >= 0.6 is 22.9 Å². The number of methoxy groups -OCH3 is 1. The number of thiazole rings is 1. The second-order valence-electron chi connectivity index (χ2n) is 5.75.